The van der Waals surface area contributed by atoms with Crippen molar-refractivity contribution in [3.63, 3.8) is 0 Å². The van der Waals surface area contributed by atoms with Crippen molar-refractivity contribution in [1.29, 1.82) is 0 Å². The van der Waals surface area contributed by atoms with Gasteiger partial charge in [0.05, 0.1) is 16.6 Å². The van der Waals surface area contributed by atoms with E-state index in [4.69, 9.17) is 9.17 Å². The van der Waals surface area contributed by atoms with Crippen LogP contribution in [0, 0.1) is 6.92 Å². The summed E-state index contributed by atoms with van der Waals surface area (Å²) in [7, 11) is -1.98. The van der Waals surface area contributed by atoms with Gasteiger partial charge in [0.1, 0.15) is 5.65 Å². The number of nitrogens with zero attached hydrogens (tertiary/aromatic N) is 2. The molecule has 1 aliphatic rings. The summed E-state index contributed by atoms with van der Waals surface area (Å²) in [5.41, 5.74) is 3.42. The molecule has 154 valence electrons. The van der Waals surface area contributed by atoms with Crippen LogP contribution in [-0.4, -0.2) is 9.38 Å². The molecule has 0 bridgehead atoms. The fourth-order valence-electron chi connectivity index (χ4n) is 5.05. The molecule has 0 saturated heterocycles. The molecule has 1 aliphatic heterocycles. The highest BCUT2D eigenvalue weighted by molar-refractivity contribution is 8.30. The zero-order chi connectivity index (χ0) is 21.3. The van der Waals surface area contributed by atoms with E-state index in [2.05, 4.69) is 108 Å². The number of fused-ring (bicyclic) bond motifs is 3. The average molecular weight is 433 g/mol. The number of hydrogen-bond donors (Lipinski definition) is 0. The Labute approximate surface area is 187 Å². The highest BCUT2D eigenvalue weighted by atomic mass is 32.3. The van der Waals surface area contributed by atoms with E-state index >= 15 is 0 Å². The van der Waals surface area contributed by atoms with E-state index in [1.165, 1.54) is 36.5 Å². The SMILES string of the molecule is Cc1ccc2c3c1c1ccccc1c1ncc(n13)OS2(c1ccccc1)c1ccccc1. The molecule has 7 rings (SSSR count). The van der Waals surface area contributed by atoms with Crippen molar-refractivity contribution in [2.45, 2.75) is 21.6 Å². The van der Waals surface area contributed by atoms with Gasteiger partial charge in [0.2, 0.25) is 5.88 Å². The van der Waals surface area contributed by atoms with E-state index in [1.54, 1.807) is 0 Å². The predicted octanol–water partition coefficient (Wildman–Crippen LogP) is 7.54. The molecule has 4 heteroatoms. The van der Waals surface area contributed by atoms with Gasteiger partial charge in [-0.2, -0.15) is 0 Å². The lowest BCUT2D eigenvalue weighted by atomic mass is 10.0. The van der Waals surface area contributed by atoms with Gasteiger partial charge in [0.25, 0.3) is 0 Å². The van der Waals surface area contributed by atoms with Crippen LogP contribution in [0.1, 0.15) is 5.56 Å². The van der Waals surface area contributed by atoms with E-state index < -0.39 is 10.3 Å². The molecule has 0 fully saturated rings. The fraction of sp³-hybridized carbons (Fsp3) is 0.0357. The van der Waals surface area contributed by atoms with Crippen LogP contribution in [0.2, 0.25) is 0 Å². The van der Waals surface area contributed by atoms with Crippen molar-refractivity contribution in [1.82, 2.24) is 9.38 Å². The molecule has 4 aromatic carbocycles. The molecule has 0 atom stereocenters. The molecule has 2 aromatic heterocycles. The molecule has 0 saturated carbocycles. The van der Waals surface area contributed by atoms with Crippen LogP contribution in [0.4, 0.5) is 0 Å². The number of pyridine rings is 1. The van der Waals surface area contributed by atoms with Gasteiger partial charge in [0, 0.05) is 20.6 Å². The normalized spacial score (nSPS) is 15.3. The monoisotopic (exact) mass is 432 g/mol. The van der Waals surface area contributed by atoms with Gasteiger partial charge in [-0.1, -0.05) is 66.7 Å². The Kier molecular flexibility index (Phi) is 3.56. The average Bonchev–Trinajstić information content (AvgIpc) is 3.29. The smallest absolute Gasteiger partial charge is 0.232 e. The topological polar surface area (TPSA) is 26.5 Å². The zero-order valence-corrected chi connectivity index (χ0v) is 18.3. The minimum absolute atomic E-state index is 0.802. The van der Waals surface area contributed by atoms with Crippen molar-refractivity contribution in [3.05, 3.63) is 109 Å². The first-order valence-electron chi connectivity index (χ1n) is 10.7. The number of imidazole rings is 1. The summed E-state index contributed by atoms with van der Waals surface area (Å²) in [5, 5.41) is 3.66. The van der Waals surface area contributed by atoms with Gasteiger partial charge < -0.3 is 4.18 Å². The van der Waals surface area contributed by atoms with Gasteiger partial charge in [-0.05, 0) is 58.5 Å². The molecule has 0 amide bonds. The lowest BCUT2D eigenvalue weighted by molar-refractivity contribution is 0.574. The molecular weight excluding hydrogens is 412 g/mol. The number of aromatic nitrogens is 2. The van der Waals surface area contributed by atoms with Gasteiger partial charge in [-0.15, -0.1) is 0 Å². The van der Waals surface area contributed by atoms with E-state index in [1.807, 2.05) is 6.20 Å². The molecule has 3 nitrogen and oxygen atoms in total. The third-order valence-corrected chi connectivity index (χ3v) is 9.65. The quantitative estimate of drug-likeness (QED) is 0.264. The number of benzene rings is 4. The third-order valence-electron chi connectivity index (χ3n) is 6.41. The Bertz CT molecular complexity index is 1620. The summed E-state index contributed by atoms with van der Waals surface area (Å²) in [6.45, 7) is 2.20. The van der Waals surface area contributed by atoms with E-state index in [0.717, 1.165) is 16.9 Å². The number of aryl methyl sites for hydroxylation is 1. The summed E-state index contributed by atoms with van der Waals surface area (Å²) in [6, 6.07) is 34.4. The largest absolute Gasteiger partial charge is 0.416 e. The maximum Gasteiger partial charge on any atom is 0.232 e. The highest BCUT2D eigenvalue weighted by Gasteiger charge is 2.40. The first-order valence-corrected chi connectivity index (χ1v) is 12.3. The van der Waals surface area contributed by atoms with Crippen LogP contribution < -0.4 is 4.18 Å². The van der Waals surface area contributed by atoms with Crippen molar-refractivity contribution >= 4 is 37.6 Å². The van der Waals surface area contributed by atoms with E-state index in [-0.39, 0.29) is 0 Å². The Hall–Kier alpha value is -3.76. The minimum Gasteiger partial charge on any atom is -0.416 e. The molecule has 0 radical (unpaired) electrons. The highest BCUT2D eigenvalue weighted by Crippen LogP contribution is 2.71. The molecule has 32 heavy (non-hydrogen) atoms. The molecule has 6 aromatic rings. The Balaban J connectivity index is 1.75. The molecular formula is C28H20N2OS. The number of rotatable bonds is 2. The van der Waals surface area contributed by atoms with Crippen molar-refractivity contribution < 1.29 is 4.18 Å². The van der Waals surface area contributed by atoms with Crippen molar-refractivity contribution in [2.75, 3.05) is 0 Å². The van der Waals surface area contributed by atoms with E-state index in [0.29, 0.717) is 0 Å². The standard InChI is InChI=1S/C28H20N2OS/c1-19-16-17-24-27-26(19)22-14-8-9-15-23(22)28-29-18-25(30(27)28)31-32(24,20-10-4-2-5-11-20)21-12-6-3-7-13-21/h2-18H,1H3. The van der Waals surface area contributed by atoms with Gasteiger partial charge in [0.15, 0.2) is 0 Å². The van der Waals surface area contributed by atoms with Gasteiger partial charge in [-0.25, -0.2) is 4.98 Å². The van der Waals surface area contributed by atoms with Crippen LogP contribution in [0.15, 0.2) is 118 Å². The Morgan fingerprint density at radius 2 is 1.34 bits per heavy atom. The second-order valence-electron chi connectivity index (χ2n) is 8.17. The second-order valence-corrected chi connectivity index (χ2v) is 10.8. The van der Waals surface area contributed by atoms with Crippen LogP contribution in [0.5, 0.6) is 5.88 Å². The second kappa shape index (κ2) is 6.38. The first kappa shape index (κ1) is 17.9. The maximum absolute atomic E-state index is 7.07. The predicted molar refractivity (Wildman–Crippen MR) is 131 cm³/mol. The van der Waals surface area contributed by atoms with Crippen LogP contribution in [-0.2, 0) is 0 Å². The minimum atomic E-state index is -1.98. The zero-order valence-electron chi connectivity index (χ0n) is 17.5. The summed E-state index contributed by atoms with van der Waals surface area (Å²) >= 11 is 0. The third kappa shape index (κ3) is 2.15. The molecule has 0 unspecified atom stereocenters. The maximum atomic E-state index is 7.07. The van der Waals surface area contributed by atoms with Crippen molar-refractivity contribution in [3.8, 4) is 5.88 Å². The van der Waals surface area contributed by atoms with Gasteiger partial charge in [-0.3, -0.25) is 4.40 Å². The summed E-state index contributed by atoms with van der Waals surface area (Å²) in [4.78, 5) is 8.42. The van der Waals surface area contributed by atoms with Crippen LogP contribution in [0.3, 0.4) is 0 Å². The van der Waals surface area contributed by atoms with Gasteiger partial charge >= 0.3 is 0 Å². The molecule has 0 spiro atoms. The van der Waals surface area contributed by atoms with Crippen molar-refractivity contribution in [2.24, 2.45) is 0 Å². The summed E-state index contributed by atoms with van der Waals surface area (Å²) in [5.74, 6) is 0.802. The van der Waals surface area contributed by atoms with E-state index in [9.17, 15) is 0 Å². The summed E-state index contributed by atoms with van der Waals surface area (Å²) < 4.78 is 9.29. The number of hydrogen-bond acceptors (Lipinski definition) is 2. The Morgan fingerprint density at radius 3 is 2.03 bits per heavy atom. The summed E-state index contributed by atoms with van der Waals surface area (Å²) in [6.07, 6.45) is 1.89. The first-order chi connectivity index (χ1) is 15.8. The van der Waals surface area contributed by atoms with Crippen LogP contribution in [0.25, 0.3) is 27.3 Å². The molecule has 0 aliphatic carbocycles. The fourth-order valence-corrected chi connectivity index (χ4v) is 8.29. The van der Waals surface area contributed by atoms with Crippen LogP contribution >= 0.6 is 10.3 Å². The molecule has 0 N–H and O–H groups in total. The lowest BCUT2D eigenvalue weighted by Crippen LogP contribution is -2.17. The molecule has 3 heterocycles. The Morgan fingerprint density at radius 1 is 0.719 bits per heavy atom. The lowest BCUT2D eigenvalue weighted by Gasteiger charge is -2.43.